The van der Waals surface area contributed by atoms with Crippen LogP contribution in [0.4, 0.5) is 10.6 Å². The van der Waals surface area contributed by atoms with Crippen molar-refractivity contribution in [3.8, 4) is 11.4 Å². The summed E-state index contributed by atoms with van der Waals surface area (Å²) in [5.41, 5.74) is -0.0978. The van der Waals surface area contributed by atoms with Gasteiger partial charge in [0.15, 0.2) is 5.82 Å². The Morgan fingerprint density at radius 2 is 1.48 bits per heavy atom. The summed E-state index contributed by atoms with van der Waals surface area (Å²) in [5.74, 6) is -1.64. The topological polar surface area (TPSA) is 180 Å². The normalized spacial score (nSPS) is 15.8. The zero-order chi connectivity index (χ0) is 39.6. The van der Waals surface area contributed by atoms with Crippen LogP contribution in [0, 0.1) is 0 Å². The lowest BCUT2D eigenvalue weighted by Crippen LogP contribution is -2.59. The van der Waals surface area contributed by atoms with Gasteiger partial charge in [-0.1, -0.05) is 67.6 Å². The summed E-state index contributed by atoms with van der Waals surface area (Å²) in [6.07, 6.45) is -0.838. The van der Waals surface area contributed by atoms with Crippen molar-refractivity contribution in [3.63, 3.8) is 0 Å². The molecule has 1 aliphatic rings. The van der Waals surface area contributed by atoms with Gasteiger partial charge in [-0.2, -0.15) is 0 Å². The van der Waals surface area contributed by atoms with Gasteiger partial charge < -0.3 is 35.0 Å². The molecule has 0 bridgehead atoms. The molecule has 1 saturated heterocycles. The average molecular weight is 745 g/mol. The summed E-state index contributed by atoms with van der Waals surface area (Å²) in [6, 6.07) is 17.6. The summed E-state index contributed by atoms with van der Waals surface area (Å²) in [5, 5.41) is 15.8. The van der Waals surface area contributed by atoms with Crippen LogP contribution in [0.3, 0.4) is 0 Å². The van der Waals surface area contributed by atoms with Crippen LogP contribution in [-0.2, 0) is 23.9 Å². The zero-order valence-electron chi connectivity index (χ0n) is 32.1. The molecular formula is C40H52N6O8. The second-order valence-electron chi connectivity index (χ2n) is 15.2. The van der Waals surface area contributed by atoms with E-state index in [4.69, 9.17) is 14.5 Å². The molecule has 14 nitrogen and oxygen atoms in total. The summed E-state index contributed by atoms with van der Waals surface area (Å²) < 4.78 is 11.1. The fourth-order valence-corrected chi connectivity index (χ4v) is 6.04. The van der Waals surface area contributed by atoms with E-state index >= 15 is 0 Å². The predicted molar refractivity (Wildman–Crippen MR) is 202 cm³/mol. The quantitative estimate of drug-likeness (QED) is 0.179. The van der Waals surface area contributed by atoms with Gasteiger partial charge in [0.1, 0.15) is 28.8 Å². The number of hydrogen-bond acceptors (Lipinski definition) is 10. The van der Waals surface area contributed by atoms with E-state index in [1.54, 1.807) is 53.7 Å². The first-order valence-electron chi connectivity index (χ1n) is 18.2. The maximum Gasteiger partial charge on any atom is 0.407 e. The van der Waals surface area contributed by atoms with Crippen LogP contribution >= 0.6 is 0 Å². The average Bonchev–Trinajstić information content (AvgIpc) is 3.11. The lowest BCUT2D eigenvalue weighted by molar-refractivity contribution is -0.156. The highest BCUT2D eigenvalue weighted by molar-refractivity contribution is 5.97. The Morgan fingerprint density at radius 3 is 2.07 bits per heavy atom. The van der Waals surface area contributed by atoms with Crippen molar-refractivity contribution in [2.75, 3.05) is 25.0 Å². The Balaban J connectivity index is 1.68. The molecule has 0 spiro atoms. The Hall–Kier alpha value is -5.53. The number of carbonyl (C=O) groups excluding carboxylic acids is 4. The van der Waals surface area contributed by atoms with E-state index < -0.39 is 59.2 Å². The maximum atomic E-state index is 14.1. The van der Waals surface area contributed by atoms with E-state index in [1.165, 1.54) is 15.9 Å². The number of nitrogens with zero attached hydrogens (tertiary/aromatic N) is 4. The van der Waals surface area contributed by atoms with Crippen molar-refractivity contribution in [2.45, 2.75) is 103 Å². The molecule has 0 radical (unpaired) electrons. The van der Waals surface area contributed by atoms with E-state index in [1.807, 2.05) is 55.5 Å². The molecule has 1 aromatic heterocycles. The molecule has 3 aromatic rings. The smallest absolute Gasteiger partial charge is 0.407 e. The van der Waals surface area contributed by atoms with Crippen LogP contribution in [0.1, 0.15) is 96.2 Å². The van der Waals surface area contributed by atoms with Crippen LogP contribution in [0.25, 0.3) is 11.4 Å². The number of piperazine rings is 1. The van der Waals surface area contributed by atoms with Crippen LogP contribution in [0.2, 0.25) is 0 Å². The van der Waals surface area contributed by atoms with E-state index in [9.17, 15) is 29.1 Å². The van der Waals surface area contributed by atoms with Crippen molar-refractivity contribution >= 4 is 35.7 Å². The molecule has 3 atom stereocenters. The van der Waals surface area contributed by atoms with Crippen LogP contribution in [-0.4, -0.2) is 97.6 Å². The van der Waals surface area contributed by atoms with Gasteiger partial charge in [0.05, 0.1) is 18.5 Å². The molecule has 290 valence electrons. The van der Waals surface area contributed by atoms with E-state index in [0.717, 1.165) is 5.56 Å². The van der Waals surface area contributed by atoms with Crippen molar-refractivity contribution in [2.24, 2.45) is 0 Å². The predicted octanol–water partition coefficient (Wildman–Crippen LogP) is 5.85. The molecular weight excluding hydrogens is 692 g/mol. The highest BCUT2D eigenvalue weighted by atomic mass is 16.6. The third-order valence-electron chi connectivity index (χ3n) is 8.48. The number of nitrogens with one attached hydrogen (secondary N) is 2. The fraction of sp³-hybridized carbons (Fsp3) is 0.475. The zero-order valence-corrected chi connectivity index (χ0v) is 32.1. The number of carbonyl (C=O) groups is 5. The molecule has 0 saturated carbocycles. The fourth-order valence-electron chi connectivity index (χ4n) is 6.04. The molecule has 2 aromatic carbocycles. The first-order chi connectivity index (χ1) is 25.4. The standard InChI is InChI=1S/C40H52N6O8/c1-8-28-25-45(21-22-46(28)38(51)52)37(50)29(19-20-33(47)53-39(2,3)4)43-36(49)31-23-32(44-35(42-31)27-17-13-10-14-18-27)41-30(26-15-11-9-12-16-26)24-34(48)54-40(5,6)7/h9-18,23,28-30H,8,19-22,24-25H2,1-7H3,(H,43,49)(H,51,52)(H,41,42,44)/t28?,29-,30+/m0/s1. The second-order valence-corrected chi connectivity index (χ2v) is 15.2. The number of rotatable bonds is 13. The number of carboxylic acid groups (broad SMARTS) is 1. The largest absolute Gasteiger partial charge is 0.465 e. The molecule has 0 aliphatic carbocycles. The van der Waals surface area contributed by atoms with E-state index in [-0.39, 0.29) is 56.2 Å². The van der Waals surface area contributed by atoms with Crippen molar-refractivity contribution in [3.05, 3.63) is 78.0 Å². The van der Waals surface area contributed by atoms with E-state index in [2.05, 4.69) is 15.6 Å². The number of amides is 3. The third-order valence-corrected chi connectivity index (χ3v) is 8.48. The molecule has 54 heavy (non-hydrogen) atoms. The lowest BCUT2D eigenvalue weighted by Gasteiger charge is -2.40. The number of aromatic nitrogens is 2. The molecule has 1 unspecified atom stereocenters. The van der Waals surface area contributed by atoms with Crippen LogP contribution in [0.5, 0.6) is 0 Å². The summed E-state index contributed by atoms with van der Waals surface area (Å²) in [7, 11) is 0. The van der Waals surface area contributed by atoms with Gasteiger partial charge in [-0.15, -0.1) is 0 Å². The van der Waals surface area contributed by atoms with Crippen molar-refractivity contribution in [1.82, 2.24) is 25.1 Å². The van der Waals surface area contributed by atoms with Crippen LogP contribution < -0.4 is 10.6 Å². The maximum absolute atomic E-state index is 14.1. The number of benzene rings is 2. The van der Waals surface area contributed by atoms with Gasteiger partial charge in [0.25, 0.3) is 5.91 Å². The third kappa shape index (κ3) is 12.3. The Bertz CT molecular complexity index is 1770. The van der Waals surface area contributed by atoms with Gasteiger partial charge in [-0.05, 0) is 59.9 Å². The molecule has 1 aliphatic heterocycles. The minimum absolute atomic E-state index is 0.0391. The highest BCUT2D eigenvalue weighted by Crippen LogP contribution is 2.26. The number of anilines is 1. The van der Waals surface area contributed by atoms with Gasteiger partial charge >= 0.3 is 18.0 Å². The van der Waals surface area contributed by atoms with E-state index in [0.29, 0.717) is 12.0 Å². The summed E-state index contributed by atoms with van der Waals surface area (Å²) >= 11 is 0. The van der Waals surface area contributed by atoms with Crippen molar-refractivity contribution in [1.29, 1.82) is 0 Å². The minimum atomic E-state index is -1.16. The summed E-state index contributed by atoms with van der Waals surface area (Å²) in [4.78, 5) is 77.9. The monoisotopic (exact) mass is 744 g/mol. The number of hydrogen-bond donors (Lipinski definition) is 3. The first kappa shape index (κ1) is 41.2. The van der Waals surface area contributed by atoms with Crippen LogP contribution in [0.15, 0.2) is 66.7 Å². The Kier molecular flexibility index (Phi) is 13.7. The van der Waals surface area contributed by atoms with Gasteiger partial charge in [0, 0.05) is 37.7 Å². The Labute approximate surface area is 316 Å². The summed E-state index contributed by atoms with van der Waals surface area (Å²) in [6.45, 7) is 12.8. The molecule has 2 heterocycles. The highest BCUT2D eigenvalue weighted by Gasteiger charge is 2.35. The molecule has 14 heteroatoms. The molecule has 3 amide bonds. The number of ether oxygens (including phenoxy) is 2. The molecule has 4 rings (SSSR count). The molecule has 3 N–H and O–H groups in total. The first-order valence-corrected chi connectivity index (χ1v) is 18.2. The van der Waals surface area contributed by atoms with Gasteiger partial charge in [-0.3, -0.25) is 19.2 Å². The van der Waals surface area contributed by atoms with Gasteiger partial charge in [0.2, 0.25) is 5.91 Å². The van der Waals surface area contributed by atoms with Crippen molar-refractivity contribution < 1.29 is 38.6 Å². The minimum Gasteiger partial charge on any atom is -0.465 e. The SMILES string of the molecule is CCC1CN(C(=O)[C@H](CCC(=O)OC(C)(C)C)NC(=O)c2cc(N[C@H](CC(=O)OC(C)(C)C)c3ccccc3)nc(-c3ccccc3)n2)CCN1C(=O)O. The number of esters is 2. The Morgan fingerprint density at radius 1 is 0.870 bits per heavy atom. The molecule has 1 fully saturated rings. The van der Waals surface area contributed by atoms with Gasteiger partial charge in [-0.25, -0.2) is 14.8 Å². The second kappa shape index (κ2) is 18.0. The lowest BCUT2D eigenvalue weighted by atomic mass is 10.0.